The number of amides is 3. The third kappa shape index (κ3) is 4.74. The van der Waals surface area contributed by atoms with Crippen LogP contribution < -0.4 is 10.7 Å². The summed E-state index contributed by atoms with van der Waals surface area (Å²) in [5.41, 5.74) is 3.22. The number of anilines is 1. The zero-order valence-corrected chi connectivity index (χ0v) is 17.5. The first kappa shape index (κ1) is 21.7. The summed E-state index contributed by atoms with van der Waals surface area (Å²) in [5, 5.41) is 4.41. The Morgan fingerprint density at radius 3 is 2.53 bits per heavy atom. The van der Waals surface area contributed by atoms with Crippen molar-refractivity contribution in [1.29, 1.82) is 0 Å². The SMILES string of the molecule is CCN1C(=O)C(CC(=O)Nc2cccc(Cl)c2)N(NC(=O)c2ccc(F)cc2)C1=S. The predicted octanol–water partition coefficient (Wildman–Crippen LogP) is 2.97. The Morgan fingerprint density at radius 1 is 1.20 bits per heavy atom. The van der Waals surface area contributed by atoms with Crippen LogP contribution in [0, 0.1) is 5.82 Å². The lowest BCUT2D eigenvalue weighted by atomic mass is 10.1. The highest BCUT2D eigenvalue weighted by Gasteiger charge is 2.43. The number of nitrogens with one attached hydrogen (secondary N) is 2. The van der Waals surface area contributed by atoms with E-state index in [0.717, 1.165) is 12.1 Å². The summed E-state index contributed by atoms with van der Waals surface area (Å²) >= 11 is 11.2. The Balaban J connectivity index is 1.76. The average molecular weight is 449 g/mol. The number of rotatable bonds is 6. The predicted molar refractivity (Wildman–Crippen MR) is 114 cm³/mol. The molecule has 1 aliphatic rings. The van der Waals surface area contributed by atoms with Crippen LogP contribution in [0.4, 0.5) is 10.1 Å². The fraction of sp³-hybridized carbons (Fsp3) is 0.200. The smallest absolute Gasteiger partial charge is 0.269 e. The van der Waals surface area contributed by atoms with Gasteiger partial charge in [-0.15, -0.1) is 0 Å². The summed E-state index contributed by atoms with van der Waals surface area (Å²) < 4.78 is 13.1. The molecule has 1 saturated heterocycles. The Hall–Kier alpha value is -3.04. The molecule has 0 spiro atoms. The first-order chi connectivity index (χ1) is 14.3. The molecule has 1 unspecified atom stereocenters. The van der Waals surface area contributed by atoms with E-state index in [2.05, 4.69) is 10.7 Å². The number of thiocarbonyl (C=S) groups is 1. The average Bonchev–Trinajstić information content (AvgIpc) is 2.91. The quantitative estimate of drug-likeness (QED) is 0.664. The molecule has 30 heavy (non-hydrogen) atoms. The van der Waals surface area contributed by atoms with Crippen LogP contribution in [-0.2, 0) is 9.59 Å². The molecule has 10 heteroatoms. The maximum absolute atomic E-state index is 13.1. The zero-order chi connectivity index (χ0) is 21.8. The molecule has 1 atom stereocenters. The molecule has 156 valence electrons. The largest absolute Gasteiger partial charge is 0.326 e. The van der Waals surface area contributed by atoms with Crippen molar-refractivity contribution in [3.8, 4) is 0 Å². The second kappa shape index (κ2) is 9.19. The van der Waals surface area contributed by atoms with E-state index in [1.165, 1.54) is 22.0 Å². The van der Waals surface area contributed by atoms with E-state index >= 15 is 0 Å². The lowest BCUT2D eigenvalue weighted by molar-refractivity contribution is -0.130. The highest BCUT2D eigenvalue weighted by atomic mass is 35.5. The summed E-state index contributed by atoms with van der Waals surface area (Å²) in [6.45, 7) is 2.02. The fourth-order valence-electron chi connectivity index (χ4n) is 2.97. The second-order valence-corrected chi connectivity index (χ2v) is 7.26. The molecule has 2 aromatic rings. The van der Waals surface area contributed by atoms with Crippen LogP contribution in [0.15, 0.2) is 48.5 Å². The minimum Gasteiger partial charge on any atom is -0.326 e. The summed E-state index contributed by atoms with van der Waals surface area (Å²) in [7, 11) is 0. The molecule has 0 aliphatic carbocycles. The van der Waals surface area contributed by atoms with Crippen molar-refractivity contribution in [2.45, 2.75) is 19.4 Å². The fourth-order valence-corrected chi connectivity index (χ4v) is 3.55. The molecule has 3 amide bonds. The van der Waals surface area contributed by atoms with E-state index in [4.69, 9.17) is 23.8 Å². The molecule has 0 radical (unpaired) electrons. The summed E-state index contributed by atoms with van der Waals surface area (Å²) in [6, 6.07) is 10.5. The second-order valence-electron chi connectivity index (χ2n) is 6.46. The van der Waals surface area contributed by atoms with Crippen molar-refractivity contribution >= 4 is 52.3 Å². The van der Waals surface area contributed by atoms with Crippen LogP contribution in [0.3, 0.4) is 0 Å². The van der Waals surface area contributed by atoms with E-state index in [9.17, 15) is 18.8 Å². The van der Waals surface area contributed by atoms with E-state index in [-0.39, 0.29) is 23.6 Å². The van der Waals surface area contributed by atoms with Crippen molar-refractivity contribution in [2.24, 2.45) is 0 Å². The lowest BCUT2D eigenvalue weighted by Crippen LogP contribution is -2.49. The van der Waals surface area contributed by atoms with Crippen LogP contribution in [0.1, 0.15) is 23.7 Å². The summed E-state index contributed by atoms with van der Waals surface area (Å²) in [6.07, 6.45) is -0.244. The lowest BCUT2D eigenvalue weighted by Gasteiger charge is -2.24. The number of hydrogen-bond acceptors (Lipinski definition) is 4. The number of nitrogens with zero attached hydrogens (tertiary/aromatic N) is 2. The first-order valence-corrected chi connectivity index (χ1v) is 9.85. The van der Waals surface area contributed by atoms with Gasteiger partial charge in [-0.25, -0.2) is 9.40 Å². The van der Waals surface area contributed by atoms with Gasteiger partial charge in [0.2, 0.25) is 5.91 Å². The molecule has 0 bridgehead atoms. The van der Waals surface area contributed by atoms with Gasteiger partial charge in [-0.1, -0.05) is 17.7 Å². The molecule has 1 fully saturated rings. The number of benzene rings is 2. The first-order valence-electron chi connectivity index (χ1n) is 9.06. The highest BCUT2D eigenvalue weighted by Crippen LogP contribution is 2.21. The summed E-state index contributed by atoms with van der Waals surface area (Å²) in [4.78, 5) is 39.1. The molecule has 0 aromatic heterocycles. The van der Waals surface area contributed by atoms with Gasteiger partial charge in [0.1, 0.15) is 11.9 Å². The third-order valence-electron chi connectivity index (χ3n) is 4.43. The Bertz CT molecular complexity index is 1000. The standard InChI is InChI=1S/C20H18ClFN4O3S/c1-2-25-19(29)16(11-17(27)23-15-5-3-4-13(21)10-15)26(20(25)30)24-18(28)12-6-8-14(22)9-7-12/h3-10,16H,2,11H2,1H3,(H,23,27)(H,24,28). The van der Waals surface area contributed by atoms with Gasteiger partial charge in [-0.3, -0.25) is 24.7 Å². The number of hydrogen-bond donors (Lipinski definition) is 2. The molecule has 2 N–H and O–H groups in total. The van der Waals surface area contributed by atoms with Crippen LogP contribution in [0.2, 0.25) is 5.02 Å². The number of halogens is 2. The third-order valence-corrected chi connectivity index (χ3v) is 5.08. The molecular formula is C20H18ClFN4O3S. The minimum absolute atomic E-state index is 0.0820. The van der Waals surface area contributed by atoms with E-state index in [0.29, 0.717) is 10.7 Å². The number of hydrazine groups is 1. The Kier molecular flexibility index (Phi) is 6.63. The molecule has 7 nitrogen and oxygen atoms in total. The number of carbonyl (C=O) groups is 3. The molecule has 1 heterocycles. The molecule has 1 aliphatic heterocycles. The molecular weight excluding hydrogens is 431 g/mol. The topological polar surface area (TPSA) is 81.8 Å². The molecule has 2 aromatic carbocycles. The van der Waals surface area contributed by atoms with Gasteiger partial charge in [0.15, 0.2) is 5.11 Å². The van der Waals surface area contributed by atoms with Gasteiger partial charge in [0.25, 0.3) is 11.8 Å². The summed E-state index contributed by atoms with van der Waals surface area (Å²) in [5.74, 6) is -1.91. The minimum atomic E-state index is -1.01. The van der Waals surface area contributed by atoms with E-state index in [1.54, 1.807) is 31.2 Å². The highest BCUT2D eigenvalue weighted by molar-refractivity contribution is 7.80. The van der Waals surface area contributed by atoms with Crippen LogP contribution in [-0.4, -0.2) is 45.3 Å². The van der Waals surface area contributed by atoms with Crippen molar-refractivity contribution in [3.63, 3.8) is 0 Å². The Morgan fingerprint density at radius 2 is 1.90 bits per heavy atom. The van der Waals surface area contributed by atoms with Gasteiger partial charge in [0, 0.05) is 22.8 Å². The van der Waals surface area contributed by atoms with Crippen LogP contribution >= 0.6 is 23.8 Å². The Labute approximate surface area is 182 Å². The van der Waals surface area contributed by atoms with Crippen LogP contribution in [0.5, 0.6) is 0 Å². The normalized spacial score (nSPS) is 16.0. The number of likely N-dealkylation sites (N-methyl/N-ethyl adjacent to an activating group) is 1. The number of carbonyl (C=O) groups excluding carboxylic acids is 3. The zero-order valence-electron chi connectivity index (χ0n) is 15.9. The van der Waals surface area contributed by atoms with E-state index in [1.807, 2.05) is 0 Å². The van der Waals surface area contributed by atoms with Crippen molar-refractivity contribution < 1.29 is 18.8 Å². The maximum Gasteiger partial charge on any atom is 0.269 e. The van der Waals surface area contributed by atoms with E-state index < -0.39 is 29.6 Å². The van der Waals surface area contributed by atoms with Gasteiger partial charge in [-0.05, 0) is 61.6 Å². The van der Waals surface area contributed by atoms with Gasteiger partial charge in [0.05, 0.1) is 6.42 Å². The van der Waals surface area contributed by atoms with Gasteiger partial charge >= 0.3 is 0 Å². The van der Waals surface area contributed by atoms with Gasteiger partial charge in [-0.2, -0.15) is 0 Å². The van der Waals surface area contributed by atoms with Gasteiger partial charge < -0.3 is 5.32 Å². The monoisotopic (exact) mass is 448 g/mol. The van der Waals surface area contributed by atoms with Crippen molar-refractivity contribution in [3.05, 3.63) is 64.9 Å². The van der Waals surface area contributed by atoms with Crippen molar-refractivity contribution in [2.75, 3.05) is 11.9 Å². The molecule has 0 saturated carbocycles. The van der Waals surface area contributed by atoms with Crippen LogP contribution in [0.25, 0.3) is 0 Å². The molecule has 3 rings (SSSR count). The maximum atomic E-state index is 13.1. The van der Waals surface area contributed by atoms with Crippen molar-refractivity contribution in [1.82, 2.24) is 15.3 Å².